The average Bonchev–Trinajstić information content (AvgIpc) is 2.70. The van der Waals surface area contributed by atoms with Crippen LogP contribution in [0.15, 0.2) is 22.7 Å². The molecule has 3 nitrogen and oxygen atoms in total. The topological polar surface area (TPSA) is 35.5 Å². The predicted octanol–water partition coefficient (Wildman–Crippen LogP) is 2.26. The van der Waals surface area contributed by atoms with Crippen LogP contribution >= 0.6 is 15.9 Å². The Morgan fingerprint density at radius 3 is 2.83 bits per heavy atom. The van der Waals surface area contributed by atoms with E-state index in [0.717, 1.165) is 36.2 Å². The van der Waals surface area contributed by atoms with Crippen LogP contribution in [0.4, 0.5) is 0 Å². The number of halogens is 1. The molecule has 1 aromatic rings. The van der Waals surface area contributed by atoms with Gasteiger partial charge < -0.3 is 10.4 Å². The summed E-state index contributed by atoms with van der Waals surface area (Å²) in [6, 6.07) is 6.09. The molecule has 0 radical (unpaired) electrons. The lowest BCUT2D eigenvalue weighted by Crippen LogP contribution is -2.35. The van der Waals surface area contributed by atoms with E-state index >= 15 is 0 Å². The van der Waals surface area contributed by atoms with Gasteiger partial charge in [0.1, 0.15) is 6.23 Å². The standard InChI is InChI=1S/C14H19BrN2O/c15-13-3-1-2-11-12(13)9-17(14(11)18)8-10-4-6-16-7-5-10/h1-3,10,14,16,18H,4-9H2. The zero-order valence-electron chi connectivity index (χ0n) is 10.4. The third-order valence-electron chi connectivity index (χ3n) is 4.09. The summed E-state index contributed by atoms with van der Waals surface area (Å²) in [4.78, 5) is 2.20. The number of aliphatic hydroxyl groups excluding tert-OH is 1. The van der Waals surface area contributed by atoms with E-state index in [9.17, 15) is 5.11 Å². The van der Waals surface area contributed by atoms with Crippen LogP contribution < -0.4 is 5.32 Å². The average molecular weight is 311 g/mol. The summed E-state index contributed by atoms with van der Waals surface area (Å²) in [5, 5.41) is 13.8. The van der Waals surface area contributed by atoms with Crippen LogP contribution in [0, 0.1) is 5.92 Å². The Balaban J connectivity index is 1.71. The molecule has 0 saturated carbocycles. The number of aliphatic hydroxyl groups is 1. The molecule has 0 amide bonds. The van der Waals surface area contributed by atoms with Gasteiger partial charge in [0.2, 0.25) is 0 Å². The van der Waals surface area contributed by atoms with Crippen LogP contribution in [0.25, 0.3) is 0 Å². The van der Waals surface area contributed by atoms with Gasteiger partial charge in [-0.15, -0.1) is 0 Å². The monoisotopic (exact) mass is 310 g/mol. The van der Waals surface area contributed by atoms with Gasteiger partial charge >= 0.3 is 0 Å². The van der Waals surface area contributed by atoms with Crippen molar-refractivity contribution >= 4 is 15.9 Å². The zero-order chi connectivity index (χ0) is 12.5. The van der Waals surface area contributed by atoms with E-state index < -0.39 is 6.23 Å². The number of nitrogens with one attached hydrogen (secondary N) is 1. The van der Waals surface area contributed by atoms with Crippen LogP contribution in [-0.4, -0.2) is 29.6 Å². The van der Waals surface area contributed by atoms with E-state index in [1.807, 2.05) is 12.1 Å². The summed E-state index contributed by atoms with van der Waals surface area (Å²) in [6.45, 7) is 4.10. The van der Waals surface area contributed by atoms with Crippen LogP contribution in [0.2, 0.25) is 0 Å². The number of hydrogen-bond donors (Lipinski definition) is 2. The SMILES string of the molecule is OC1c2cccc(Br)c2CN1CC1CCNCC1. The molecule has 2 aliphatic rings. The fraction of sp³-hybridized carbons (Fsp3) is 0.571. The van der Waals surface area contributed by atoms with Gasteiger partial charge in [-0.3, -0.25) is 4.90 Å². The van der Waals surface area contributed by atoms with Crippen molar-refractivity contribution < 1.29 is 5.11 Å². The van der Waals surface area contributed by atoms with E-state index in [2.05, 4.69) is 32.2 Å². The highest BCUT2D eigenvalue weighted by molar-refractivity contribution is 9.10. The largest absolute Gasteiger partial charge is 0.374 e. The molecule has 1 atom stereocenters. The first-order valence-corrected chi connectivity index (χ1v) is 7.45. The van der Waals surface area contributed by atoms with Gasteiger partial charge in [-0.2, -0.15) is 0 Å². The Labute approximate surface area is 116 Å². The molecular formula is C14H19BrN2O. The number of nitrogens with zero attached hydrogens (tertiary/aromatic N) is 1. The molecule has 3 rings (SSSR count). The van der Waals surface area contributed by atoms with Gasteiger partial charge in [0.25, 0.3) is 0 Å². The third kappa shape index (κ3) is 2.35. The summed E-state index contributed by atoms with van der Waals surface area (Å²) in [7, 11) is 0. The summed E-state index contributed by atoms with van der Waals surface area (Å²) in [5.41, 5.74) is 2.32. The van der Waals surface area contributed by atoms with E-state index in [-0.39, 0.29) is 0 Å². The number of rotatable bonds is 2. The second kappa shape index (κ2) is 5.29. The third-order valence-corrected chi connectivity index (χ3v) is 4.83. The number of benzene rings is 1. The Bertz CT molecular complexity index is 432. The molecule has 4 heteroatoms. The quantitative estimate of drug-likeness (QED) is 0.879. The van der Waals surface area contributed by atoms with Crippen molar-refractivity contribution in [2.45, 2.75) is 25.6 Å². The van der Waals surface area contributed by atoms with Crippen molar-refractivity contribution in [2.75, 3.05) is 19.6 Å². The second-order valence-electron chi connectivity index (χ2n) is 5.30. The lowest BCUT2D eigenvalue weighted by molar-refractivity contribution is 0.000389. The highest BCUT2D eigenvalue weighted by Gasteiger charge is 2.31. The van der Waals surface area contributed by atoms with E-state index in [1.54, 1.807) is 0 Å². The van der Waals surface area contributed by atoms with Crippen LogP contribution in [0.3, 0.4) is 0 Å². The summed E-state index contributed by atoms with van der Waals surface area (Å²) in [6.07, 6.45) is 2.02. The van der Waals surface area contributed by atoms with Crippen molar-refractivity contribution in [3.63, 3.8) is 0 Å². The molecule has 18 heavy (non-hydrogen) atoms. The molecule has 0 aromatic heterocycles. The maximum atomic E-state index is 10.4. The normalized spacial score (nSPS) is 25.3. The fourth-order valence-electron chi connectivity index (χ4n) is 3.03. The minimum absolute atomic E-state index is 0.424. The van der Waals surface area contributed by atoms with E-state index in [0.29, 0.717) is 5.92 Å². The van der Waals surface area contributed by atoms with E-state index in [4.69, 9.17) is 0 Å². The molecule has 2 aliphatic heterocycles. The van der Waals surface area contributed by atoms with Gasteiger partial charge in [0.15, 0.2) is 0 Å². The summed E-state index contributed by atoms with van der Waals surface area (Å²) >= 11 is 3.58. The zero-order valence-corrected chi connectivity index (χ0v) is 12.0. The highest BCUT2D eigenvalue weighted by Crippen LogP contribution is 2.36. The Hall–Kier alpha value is -0.420. The number of hydrogen-bond acceptors (Lipinski definition) is 3. The lowest BCUT2D eigenvalue weighted by Gasteiger charge is -2.29. The first kappa shape index (κ1) is 12.6. The van der Waals surface area contributed by atoms with Crippen molar-refractivity contribution in [1.29, 1.82) is 0 Å². The Morgan fingerprint density at radius 2 is 2.11 bits per heavy atom. The molecule has 1 unspecified atom stereocenters. The smallest absolute Gasteiger partial charge is 0.134 e. The van der Waals surface area contributed by atoms with Crippen molar-refractivity contribution in [2.24, 2.45) is 5.92 Å². The molecule has 98 valence electrons. The molecule has 2 N–H and O–H groups in total. The molecule has 1 saturated heterocycles. The van der Waals surface area contributed by atoms with E-state index in [1.165, 1.54) is 18.4 Å². The van der Waals surface area contributed by atoms with Gasteiger partial charge in [0.05, 0.1) is 0 Å². The number of fused-ring (bicyclic) bond motifs is 1. The summed E-state index contributed by atoms with van der Waals surface area (Å²) in [5.74, 6) is 0.717. The first-order chi connectivity index (χ1) is 8.75. The number of piperidine rings is 1. The molecule has 2 heterocycles. The Kier molecular flexibility index (Phi) is 3.71. The molecule has 0 bridgehead atoms. The molecular weight excluding hydrogens is 292 g/mol. The maximum Gasteiger partial charge on any atom is 0.134 e. The Morgan fingerprint density at radius 1 is 1.33 bits per heavy atom. The highest BCUT2D eigenvalue weighted by atomic mass is 79.9. The van der Waals surface area contributed by atoms with Gasteiger partial charge in [-0.05, 0) is 43.5 Å². The van der Waals surface area contributed by atoms with Crippen LogP contribution in [0.5, 0.6) is 0 Å². The minimum Gasteiger partial charge on any atom is -0.374 e. The van der Waals surface area contributed by atoms with Crippen molar-refractivity contribution in [1.82, 2.24) is 10.2 Å². The van der Waals surface area contributed by atoms with Crippen LogP contribution in [-0.2, 0) is 6.54 Å². The fourth-order valence-corrected chi connectivity index (χ4v) is 3.54. The maximum absolute atomic E-state index is 10.4. The van der Waals surface area contributed by atoms with Gasteiger partial charge in [-0.25, -0.2) is 0 Å². The molecule has 1 aromatic carbocycles. The predicted molar refractivity (Wildman–Crippen MR) is 75.1 cm³/mol. The minimum atomic E-state index is -0.424. The van der Waals surface area contributed by atoms with Crippen LogP contribution in [0.1, 0.15) is 30.2 Å². The van der Waals surface area contributed by atoms with Gasteiger partial charge in [0, 0.05) is 23.1 Å². The van der Waals surface area contributed by atoms with Crippen molar-refractivity contribution in [3.8, 4) is 0 Å². The van der Waals surface area contributed by atoms with Gasteiger partial charge in [-0.1, -0.05) is 28.1 Å². The molecule has 0 spiro atoms. The van der Waals surface area contributed by atoms with Crippen molar-refractivity contribution in [3.05, 3.63) is 33.8 Å². The second-order valence-corrected chi connectivity index (χ2v) is 6.16. The molecule has 1 fully saturated rings. The summed E-state index contributed by atoms with van der Waals surface area (Å²) < 4.78 is 1.12. The molecule has 0 aliphatic carbocycles. The lowest BCUT2D eigenvalue weighted by atomic mass is 9.97. The first-order valence-electron chi connectivity index (χ1n) is 6.66.